The first-order valence-electron chi connectivity index (χ1n) is 14.3. The summed E-state index contributed by atoms with van der Waals surface area (Å²) in [5.41, 5.74) is 4.01. The molecule has 9 heteroatoms. The zero-order valence-electron chi connectivity index (χ0n) is 23.9. The molecule has 0 saturated heterocycles. The Morgan fingerprint density at radius 2 is 1.27 bits per heavy atom. The first-order valence-corrected chi connectivity index (χ1v) is 14.3. The van der Waals surface area contributed by atoms with E-state index in [1.165, 1.54) is 12.1 Å². The maximum absolute atomic E-state index is 13.8. The lowest BCUT2D eigenvalue weighted by Gasteiger charge is -2.23. The highest BCUT2D eigenvalue weighted by molar-refractivity contribution is 5.91. The number of aromatic nitrogens is 1. The van der Waals surface area contributed by atoms with Gasteiger partial charge in [0.2, 0.25) is 5.91 Å². The number of para-hydroxylation sites is 1. The number of aromatic amines is 1. The number of phenolic OH excluding ortho intramolecular Hbond substituents is 1. The Balaban J connectivity index is 1.34. The minimum atomic E-state index is -1.07. The molecule has 4 N–H and O–H groups in total. The van der Waals surface area contributed by atoms with Crippen LogP contribution in [0.3, 0.4) is 0 Å². The van der Waals surface area contributed by atoms with Crippen LogP contribution < -0.4 is 10.6 Å². The maximum atomic E-state index is 13.8. The second kappa shape index (κ2) is 14.6. The minimum Gasteiger partial charge on any atom is -0.508 e. The van der Waals surface area contributed by atoms with E-state index in [-0.39, 0.29) is 31.8 Å². The molecule has 0 spiro atoms. The number of aromatic hydroxyl groups is 1. The summed E-state index contributed by atoms with van der Waals surface area (Å²) in [6, 6.07) is 30.3. The van der Waals surface area contributed by atoms with Crippen molar-refractivity contribution < 1.29 is 29.0 Å². The summed E-state index contributed by atoms with van der Waals surface area (Å²) in [6.45, 7) is 0.0633. The van der Waals surface area contributed by atoms with E-state index < -0.39 is 30.1 Å². The molecule has 0 aliphatic carbocycles. The number of carbonyl (C=O) groups is 3. The molecule has 9 nitrogen and oxygen atoms in total. The monoisotopic (exact) mass is 591 g/mol. The molecule has 5 aromatic rings. The van der Waals surface area contributed by atoms with Gasteiger partial charge in [0, 0.05) is 29.9 Å². The van der Waals surface area contributed by atoms with Gasteiger partial charge in [-0.3, -0.25) is 4.79 Å². The van der Waals surface area contributed by atoms with Crippen molar-refractivity contribution in [2.24, 2.45) is 0 Å². The van der Waals surface area contributed by atoms with Gasteiger partial charge in [-0.2, -0.15) is 0 Å². The molecule has 44 heavy (non-hydrogen) atoms. The molecule has 1 aromatic heterocycles. The SMILES string of the molecule is O=C(N[C@H](Cc1c[nH]c2ccccc12)C(=O)N[C@H](Cc1ccc(O)cc1)C(=O)OCc1ccccc1)OCc1ccccc1. The molecular weight excluding hydrogens is 558 g/mol. The third-order valence-corrected chi connectivity index (χ3v) is 7.12. The number of esters is 1. The van der Waals surface area contributed by atoms with Gasteiger partial charge in [0.15, 0.2) is 0 Å². The standard InChI is InChI=1S/C35H33N3O6/c39-28-17-15-24(16-18-28)19-32(34(41)43-22-25-9-3-1-4-10-25)37-33(40)31(20-27-21-36-30-14-8-7-13-29(27)30)38-35(42)44-23-26-11-5-2-6-12-26/h1-18,21,31-32,36,39H,19-20,22-23H2,(H,37,40)(H,38,42)/t31-,32-/m1/s1. The molecule has 0 aliphatic rings. The molecule has 0 aliphatic heterocycles. The van der Waals surface area contributed by atoms with Crippen LogP contribution in [-0.4, -0.2) is 40.1 Å². The zero-order valence-corrected chi connectivity index (χ0v) is 23.9. The predicted molar refractivity (Wildman–Crippen MR) is 166 cm³/mol. The third-order valence-electron chi connectivity index (χ3n) is 7.12. The number of fused-ring (bicyclic) bond motifs is 1. The van der Waals surface area contributed by atoms with E-state index in [4.69, 9.17) is 9.47 Å². The number of hydrogen-bond donors (Lipinski definition) is 4. The fourth-order valence-corrected chi connectivity index (χ4v) is 4.80. The number of nitrogens with one attached hydrogen (secondary N) is 3. The first-order chi connectivity index (χ1) is 21.4. The largest absolute Gasteiger partial charge is 0.508 e. The van der Waals surface area contributed by atoms with Gasteiger partial charge in [-0.25, -0.2) is 9.59 Å². The van der Waals surface area contributed by atoms with Crippen LogP contribution in [0.2, 0.25) is 0 Å². The van der Waals surface area contributed by atoms with Gasteiger partial charge in [0.05, 0.1) is 0 Å². The highest BCUT2D eigenvalue weighted by Crippen LogP contribution is 2.20. The van der Waals surface area contributed by atoms with Gasteiger partial charge in [0.1, 0.15) is 31.0 Å². The van der Waals surface area contributed by atoms with Crippen molar-refractivity contribution in [3.05, 3.63) is 138 Å². The molecule has 0 unspecified atom stereocenters. The van der Waals surface area contributed by atoms with E-state index in [1.807, 2.05) is 84.9 Å². The number of hydrogen-bond acceptors (Lipinski definition) is 6. The van der Waals surface area contributed by atoms with Gasteiger partial charge in [-0.05, 0) is 40.5 Å². The molecule has 4 aromatic carbocycles. The molecule has 2 atom stereocenters. The van der Waals surface area contributed by atoms with E-state index in [2.05, 4.69) is 15.6 Å². The highest BCUT2D eigenvalue weighted by Gasteiger charge is 2.29. The average molecular weight is 592 g/mol. The summed E-state index contributed by atoms with van der Waals surface area (Å²) in [7, 11) is 0. The Hall–Kier alpha value is -5.57. The Kier molecular flexibility index (Phi) is 9.89. The van der Waals surface area contributed by atoms with E-state index >= 15 is 0 Å². The van der Waals surface area contributed by atoms with E-state index in [0.29, 0.717) is 5.56 Å². The molecular formula is C35H33N3O6. The Morgan fingerprint density at radius 3 is 1.95 bits per heavy atom. The average Bonchev–Trinajstić information content (AvgIpc) is 3.46. The summed E-state index contributed by atoms with van der Waals surface area (Å²) in [5, 5.41) is 16.1. The molecule has 224 valence electrons. The molecule has 0 fully saturated rings. The number of benzene rings is 4. The fourth-order valence-electron chi connectivity index (χ4n) is 4.80. The van der Waals surface area contributed by atoms with E-state index in [1.54, 1.807) is 18.3 Å². The second-order valence-corrected chi connectivity index (χ2v) is 10.3. The highest BCUT2D eigenvalue weighted by atomic mass is 16.5. The maximum Gasteiger partial charge on any atom is 0.408 e. The minimum absolute atomic E-state index is 0.0311. The van der Waals surface area contributed by atoms with Gasteiger partial charge < -0.3 is 30.2 Å². The second-order valence-electron chi connectivity index (χ2n) is 10.3. The summed E-state index contributed by atoms with van der Waals surface area (Å²) < 4.78 is 11.0. The van der Waals surface area contributed by atoms with Gasteiger partial charge in [0.25, 0.3) is 0 Å². The van der Waals surface area contributed by atoms with Crippen LogP contribution in [0.15, 0.2) is 115 Å². The topological polar surface area (TPSA) is 130 Å². The third kappa shape index (κ3) is 8.25. The van der Waals surface area contributed by atoms with Crippen molar-refractivity contribution in [2.75, 3.05) is 0 Å². The molecule has 0 saturated carbocycles. The zero-order chi connectivity index (χ0) is 30.7. The Morgan fingerprint density at radius 1 is 0.659 bits per heavy atom. The molecule has 1 heterocycles. The van der Waals surface area contributed by atoms with Crippen LogP contribution in [0.1, 0.15) is 22.3 Å². The van der Waals surface area contributed by atoms with Gasteiger partial charge in [-0.1, -0.05) is 91.0 Å². The normalized spacial score (nSPS) is 12.2. The summed E-state index contributed by atoms with van der Waals surface area (Å²) in [6.07, 6.45) is 1.28. The predicted octanol–water partition coefficient (Wildman–Crippen LogP) is 5.18. The van der Waals surface area contributed by atoms with Crippen LogP contribution in [-0.2, 0) is 45.1 Å². The first kappa shape index (κ1) is 29.9. The van der Waals surface area contributed by atoms with Crippen LogP contribution >= 0.6 is 0 Å². The molecule has 2 amide bonds. The summed E-state index contributed by atoms with van der Waals surface area (Å²) >= 11 is 0. The quantitative estimate of drug-likeness (QED) is 0.148. The number of alkyl carbamates (subject to hydrolysis) is 1. The van der Waals surface area contributed by atoms with Crippen molar-refractivity contribution in [3.8, 4) is 5.75 Å². The van der Waals surface area contributed by atoms with Crippen LogP contribution in [0.5, 0.6) is 5.75 Å². The van der Waals surface area contributed by atoms with Crippen LogP contribution in [0, 0.1) is 0 Å². The van der Waals surface area contributed by atoms with Crippen molar-refractivity contribution in [1.82, 2.24) is 15.6 Å². The molecule has 5 rings (SSSR count). The Bertz CT molecular complexity index is 1690. The summed E-state index contributed by atoms with van der Waals surface area (Å²) in [5.74, 6) is -1.13. The lowest BCUT2D eigenvalue weighted by atomic mass is 10.0. The van der Waals surface area contributed by atoms with E-state index in [9.17, 15) is 19.5 Å². The van der Waals surface area contributed by atoms with Crippen LogP contribution in [0.4, 0.5) is 4.79 Å². The lowest BCUT2D eigenvalue weighted by Crippen LogP contribution is -2.53. The molecule has 0 radical (unpaired) electrons. The van der Waals surface area contributed by atoms with Crippen molar-refractivity contribution in [2.45, 2.75) is 38.1 Å². The summed E-state index contributed by atoms with van der Waals surface area (Å²) in [4.78, 5) is 43.2. The number of amides is 2. The number of ether oxygens (including phenoxy) is 2. The molecule has 0 bridgehead atoms. The lowest BCUT2D eigenvalue weighted by molar-refractivity contribution is -0.149. The van der Waals surface area contributed by atoms with Crippen molar-refractivity contribution in [1.29, 1.82) is 0 Å². The smallest absolute Gasteiger partial charge is 0.408 e. The number of rotatable bonds is 12. The van der Waals surface area contributed by atoms with Crippen molar-refractivity contribution in [3.63, 3.8) is 0 Å². The van der Waals surface area contributed by atoms with Gasteiger partial charge >= 0.3 is 12.1 Å². The van der Waals surface area contributed by atoms with Crippen molar-refractivity contribution >= 4 is 28.9 Å². The van der Waals surface area contributed by atoms with E-state index in [0.717, 1.165) is 27.6 Å². The number of carbonyl (C=O) groups excluding carboxylic acids is 3. The number of phenols is 1. The van der Waals surface area contributed by atoms with Crippen LogP contribution in [0.25, 0.3) is 10.9 Å². The Labute approximate surface area is 254 Å². The number of H-pyrrole nitrogens is 1. The fraction of sp³-hybridized carbons (Fsp3) is 0.171. The van der Waals surface area contributed by atoms with Gasteiger partial charge in [-0.15, -0.1) is 0 Å².